The maximum absolute atomic E-state index is 11.4. The molecule has 7 heteroatoms. The number of rotatable bonds is 3. The van der Waals surface area contributed by atoms with Crippen molar-refractivity contribution in [2.45, 2.75) is 0 Å². The average molecular weight is 385 g/mol. The Kier molecular flexibility index (Phi) is 3.84. The maximum atomic E-state index is 11.4. The number of thiophene rings is 1. The molecule has 4 nitrogen and oxygen atoms in total. The Morgan fingerprint density at radius 2 is 2.19 bits per heavy atom. The highest BCUT2D eigenvalue weighted by atomic mass is 79.9. The SMILES string of the molecule is O=C(O)c1nc(-c2cccs2)oc1-c1cc(Cl)ccc1Br. The van der Waals surface area contributed by atoms with Crippen molar-refractivity contribution in [1.82, 2.24) is 4.98 Å². The van der Waals surface area contributed by atoms with Crippen molar-refractivity contribution in [2.75, 3.05) is 0 Å². The lowest BCUT2D eigenvalue weighted by atomic mass is 10.1. The lowest BCUT2D eigenvalue weighted by Crippen LogP contribution is -1.99. The van der Waals surface area contributed by atoms with Gasteiger partial charge in [-0.25, -0.2) is 9.78 Å². The molecular formula is C14H7BrClNO3S. The Labute approximate surface area is 137 Å². The van der Waals surface area contributed by atoms with Gasteiger partial charge in [0.05, 0.1) is 4.88 Å². The fourth-order valence-corrected chi connectivity index (χ4v) is 3.07. The van der Waals surface area contributed by atoms with E-state index in [0.29, 0.717) is 15.1 Å². The van der Waals surface area contributed by atoms with Crippen LogP contribution in [-0.2, 0) is 0 Å². The quantitative estimate of drug-likeness (QED) is 0.675. The van der Waals surface area contributed by atoms with Gasteiger partial charge in [-0.15, -0.1) is 11.3 Å². The molecule has 0 fully saturated rings. The minimum absolute atomic E-state index is 0.138. The Morgan fingerprint density at radius 3 is 2.86 bits per heavy atom. The van der Waals surface area contributed by atoms with E-state index in [1.165, 1.54) is 11.3 Å². The van der Waals surface area contributed by atoms with E-state index in [2.05, 4.69) is 20.9 Å². The zero-order valence-corrected chi connectivity index (χ0v) is 13.5. The van der Waals surface area contributed by atoms with E-state index in [0.717, 1.165) is 4.88 Å². The predicted molar refractivity (Wildman–Crippen MR) is 84.9 cm³/mol. The number of hydrogen-bond donors (Lipinski definition) is 1. The summed E-state index contributed by atoms with van der Waals surface area (Å²) >= 11 is 10.8. The van der Waals surface area contributed by atoms with E-state index in [4.69, 9.17) is 16.0 Å². The molecule has 1 N–H and O–H groups in total. The van der Waals surface area contributed by atoms with Gasteiger partial charge in [-0.05, 0) is 29.6 Å². The lowest BCUT2D eigenvalue weighted by Gasteiger charge is -2.02. The van der Waals surface area contributed by atoms with Gasteiger partial charge in [0, 0.05) is 15.1 Å². The van der Waals surface area contributed by atoms with E-state index < -0.39 is 5.97 Å². The van der Waals surface area contributed by atoms with Gasteiger partial charge < -0.3 is 9.52 Å². The summed E-state index contributed by atoms with van der Waals surface area (Å²) in [5.41, 5.74) is 0.413. The largest absolute Gasteiger partial charge is 0.476 e. The van der Waals surface area contributed by atoms with Crippen molar-refractivity contribution >= 4 is 44.8 Å². The van der Waals surface area contributed by atoms with Crippen LogP contribution in [0.2, 0.25) is 5.02 Å². The molecule has 0 spiro atoms. The van der Waals surface area contributed by atoms with Crippen molar-refractivity contribution in [3.63, 3.8) is 0 Å². The van der Waals surface area contributed by atoms with Crippen LogP contribution in [-0.4, -0.2) is 16.1 Å². The maximum Gasteiger partial charge on any atom is 0.358 e. The third kappa shape index (κ3) is 2.74. The number of benzene rings is 1. The molecule has 0 radical (unpaired) electrons. The molecule has 0 saturated carbocycles. The molecule has 2 aromatic heterocycles. The Hall–Kier alpha value is -1.63. The van der Waals surface area contributed by atoms with Gasteiger partial charge in [-0.3, -0.25) is 0 Å². The molecule has 3 aromatic rings. The second-order valence-electron chi connectivity index (χ2n) is 4.10. The topological polar surface area (TPSA) is 63.3 Å². The highest BCUT2D eigenvalue weighted by Crippen LogP contribution is 2.36. The number of aromatic nitrogens is 1. The number of hydrogen-bond acceptors (Lipinski definition) is 4. The Balaban J connectivity index is 2.21. The lowest BCUT2D eigenvalue weighted by molar-refractivity contribution is 0.0691. The number of carbonyl (C=O) groups is 1. The summed E-state index contributed by atoms with van der Waals surface area (Å²) in [7, 11) is 0. The average Bonchev–Trinajstić information content (AvgIpc) is 3.09. The number of nitrogens with zero attached hydrogens (tertiary/aromatic N) is 1. The fourth-order valence-electron chi connectivity index (χ4n) is 1.82. The van der Waals surface area contributed by atoms with Gasteiger partial charge in [0.25, 0.3) is 0 Å². The first kappa shape index (κ1) is 14.3. The molecule has 3 rings (SSSR count). The molecule has 0 aliphatic rings. The van der Waals surface area contributed by atoms with Gasteiger partial charge in [0.1, 0.15) is 0 Å². The van der Waals surface area contributed by atoms with E-state index in [9.17, 15) is 9.90 Å². The molecular weight excluding hydrogens is 378 g/mol. The van der Waals surface area contributed by atoms with E-state index in [-0.39, 0.29) is 17.3 Å². The Bertz CT molecular complexity index is 814. The monoisotopic (exact) mass is 383 g/mol. The summed E-state index contributed by atoms with van der Waals surface area (Å²) in [5.74, 6) is -0.687. The minimum atomic E-state index is -1.15. The number of carboxylic acid groups (broad SMARTS) is 1. The zero-order chi connectivity index (χ0) is 15.0. The first-order valence-electron chi connectivity index (χ1n) is 5.79. The van der Waals surface area contributed by atoms with Crippen molar-refractivity contribution < 1.29 is 14.3 Å². The van der Waals surface area contributed by atoms with Gasteiger partial charge in [-0.1, -0.05) is 33.6 Å². The second-order valence-corrected chi connectivity index (χ2v) is 6.34. The molecule has 0 unspecified atom stereocenters. The van der Waals surface area contributed by atoms with Crippen molar-refractivity contribution in [1.29, 1.82) is 0 Å². The van der Waals surface area contributed by atoms with Crippen molar-refractivity contribution in [3.8, 4) is 22.1 Å². The van der Waals surface area contributed by atoms with Crippen LogP contribution in [0.15, 0.2) is 44.6 Å². The molecule has 21 heavy (non-hydrogen) atoms. The summed E-state index contributed by atoms with van der Waals surface area (Å²) in [6.45, 7) is 0. The van der Waals surface area contributed by atoms with Crippen LogP contribution < -0.4 is 0 Å². The number of oxazole rings is 1. The van der Waals surface area contributed by atoms with Crippen molar-refractivity contribution in [2.24, 2.45) is 0 Å². The summed E-state index contributed by atoms with van der Waals surface area (Å²) in [6.07, 6.45) is 0. The normalized spacial score (nSPS) is 10.8. The zero-order valence-electron chi connectivity index (χ0n) is 10.3. The van der Waals surface area contributed by atoms with Crippen LogP contribution >= 0.6 is 38.9 Å². The Morgan fingerprint density at radius 1 is 1.38 bits per heavy atom. The molecule has 106 valence electrons. The first-order chi connectivity index (χ1) is 10.1. The van der Waals surface area contributed by atoms with Crippen LogP contribution in [0.25, 0.3) is 22.1 Å². The summed E-state index contributed by atoms with van der Waals surface area (Å²) < 4.78 is 6.36. The molecule has 0 atom stereocenters. The van der Waals surface area contributed by atoms with Crippen LogP contribution in [0.3, 0.4) is 0 Å². The van der Waals surface area contributed by atoms with Gasteiger partial charge >= 0.3 is 5.97 Å². The van der Waals surface area contributed by atoms with E-state index in [1.54, 1.807) is 18.2 Å². The molecule has 0 bridgehead atoms. The summed E-state index contributed by atoms with van der Waals surface area (Å²) in [6, 6.07) is 8.73. The summed E-state index contributed by atoms with van der Waals surface area (Å²) in [5, 5.41) is 11.7. The van der Waals surface area contributed by atoms with Crippen LogP contribution in [0.5, 0.6) is 0 Å². The highest BCUT2D eigenvalue weighted by molar-refractivity contribution is 9.10. The third-order valence-corrected chi connectivity index (χ3v) is 4.52. The minimum Gasteiger partial charge on any atom is -0.476 e. The van der Waals surface area contributed by atoms with Crippen LogP contribution in [0.1, 0.15) is 10.5 Å². The van der Waals surface area contributed by atoms with Gasteiger partial charge in [0.2, 0.25) is 5.89 Å². The van der Waals surface area contributed by atoms with E-state index >= 15 is 0 Å². The van der Waals surface area contributed by atoms with Crippen LogP contribution in [0, 0.1) is 0 Å². The molecule has 2 heterocycles. The predicted octanol–water partition coefficient (Wildman–Crippen LogP) is 5.18. The second kappa shape index (κ2) is 5.63. The smallest absolute Gasteiger partial charge is 0.358 e. The fraction of sp³-hybridized carbons (Fsp3) is 0. The van der Waals surface area contributed by atoms with Crippen molar-refractivity contribution in [3.05, 3.63) is 50.9 Å². The first-order valence-corrected chi connectivity index (χ1v) is 7.84. The van der Waals surface area contributed by atoms with Crippen LogP contribution in [0.4, 0.5) is 0 Å². The third-order valence-electron chi connectivity index (χ3n) is 2.73. The standard InChI is InChI=1S/C14H7BrClNO3S/c15-9-4-3-7(16)6-8(9)12-11(14(18)19)17-13(20-12)10-2-1-5-21-10/h1-6H,(H,18,19). The molecule has 1 aromatic carbocycles. The molecule has 0 aliphatic heterocycles. The highest BCUT2D eigenvalue weighted by Gasteiger charge is 2.23. The molecule has 0 saturated heterocycles. The molecule has 0 aliphatic carbocycles. The van der Waals surface area contributed by atoms with Gasteiger partial charge in [0.15, 0.2) is 11.5 Å². The summed E-state index contributed by atoms with van der Waals surface area (Å²) in [4.78, 5) is 16.3. The van der Waals surface area contributed by atoms with Gasteiger partial charge in [-0.2, -0.15) is 0 Å². The number of halogens is 2. The number of carboxylic acids is 1. The molecule has 0 amide bonds. The van der Waals surface area contributed by atoms with E-state index in [1.807, 2.05) is 17.5 Å². The number of aromatic carboxylic acids is 1.